The Labute approximate surface area is 150 Å². The lowest BCUT2D eigenvalue weighted by Crippen LogP contribution is -2.31. The number of allylic oxidation sites excluding steroid dienone is 1. The molecule has 2 N–H and O–H groups in total. The van der Waals surface area contributed by atoms with Crippen LogP contribution in [0.4, 0.5) is 11.6 Å². The van der Waals surface area contributed by atoms with E-state index in [-0.39, 0.29) is 5.91 Å². The number of rotatable bonds is 3. The first-order chi connectivity index (χ1) is 12.5. The fraction of sp³-hybridized carbons (Fsp3) is 0.211. The molecule has 1 atom stereocenters. The Hall–Kier alpha value is -3.35. The molecule has 4 rings (SSSR count). The molecule has 0 fully saturated rings. The summed E-state index contributed by atoms with van der Waals surface area (Å²) in [4.78, 5) is 17.4. The van der Waals surface area contributed by atoms with Gasteiger partial charge in [0.1, 0.15) is 23.9 Å². The highest BCUT2D eigenvalue weighted by Crippen LogP contribution is 2.36. The zero-order valence-corrected chi connectivity index (χ0v) is 14.8. The van der Waals surface area contributed by atoms with Crippen molar-refractivity contribution in [2.75, 3.05) is 10.6 Å². The molecular formula is C19H19N5O2. The number of anilines is 2. The maximum atomic E-state index is 13.1. The van der Waals surface area contributed by atoms with Crippen molar-refractivity contribution in [2.24, 2.45) is 0 Å². The summed E-state index contributed by atoms with van der Waals surface area (Å²) in [5.74, 6) is 1.79. The van der Waals surface area contributed by atoms with Crippen molar-refractivity contribution < 1.29 is 9.21 Å². The van der Waals surface area contributed by atoms with Crippen LogP contribution in [0.15, 0.2) is 58.4 Å². The van der Waals surface area contributed by atoms with Gasteiger partial charge in [-0.25, -0.2) is 4.68 Å². The lowest BCUT2D eigenvalue weighted by Gasteiger charge is -2.27. The molecule has 0 spiro atoms. The van der Waals surface area contributed by atoms with Gasteiger partial charge in [0.05, 0.1) is 5.57 Å². The first kappa shape index (κ1) is 16.1. The van der Waals surface area contributed by atoms with E-state index in [1.54, 1.807) is 4.68 Å². The molecule has 0 saturated heterocycles. The zero-order chi connectivity index (χ0) is 18.3. The summed E-state index contributed by atoms with van der Waals surface area (Å²) in [5, 5.41) is 10.4. The largest absolute Gasteiger partial charge is 0.464 e. The van der Waals surface area contributed by atoms with Gasteiger partial charge >= 0.3 is 0 Å². The summed E-state index contributed by atoms with van der Waals surface area (Å²) in [5.41, 5.74) is 3.03. The monoisotopic (exact) mass is 349 g/mol. The van der Waals surface area contributed by atoms with Crippen molar-refractivity contribution in [3.8, 4) is 0 Å². The van der Waals surface area contributed by atoms with E-state index in [2.05, 4.69) is 20.7 Å². The molecule has 1 aromatic carbocycles. The summed E-state index contributed by atoms with van der Waals surface area (Å²) in [6.07, 6.45) is 1.46. The number of aryl methyl sites for hydroxylation is 2. The summed E-state index contributed by atoms with van der Waals surface area (Å²) in [6.45, 7) is 5.68. The Morgan fingerprint density at radius 3 is 2.73 bits per heavy atom. The first-order valence-electron chi connectivity index (χ1n) is 8.35. The SMILES string of the molecule is CC1=C(C(=O)Nc2ccccc2C)[C@H](c2ccc(C)o2)n2ncnc2N1. The number of nitrogens with zero attached hydrogens (tertiary/aromatic N) is 3. The fourth-order valence-electron chi connectivity index (χ4n) is 3.15. The van der Waals surface area contributed by atoms with E-state index < -0.39 is 6.04 Å². The number of fused-ring (bicyclic) bond motifs is 1. The van der Waals surface area contributed by atoms with Crippen LogP contribution in [0.2, 0.25) is 0 Å². The molecule has 132 valence electrons. The van der Waals surface area contributed by atoms with Gasteiger partial charge in [-0.1, -0.05) is 18.2 Å². The lowest BCUT2D eigenvalue weighted by molar-refractivity contribution is -0.113. The molecule has 0 unspecified atom stereocenters. The van der Waals surface area contributed by atoms with Crippen LogP contribution in [0.3, 0.4) is 0 Å². The lowest BCUT2D eigenvalue weighted by atomic mass is 10.00. The van der Waals surface area contributed by atoms with E-state index in [1.807, 2.05) is 57.2 Å². The van der Waals surface area contributed by atoms with E-state index in [9.17, 15) is 4.79 Å². The Bertz CT molecular complexity index is 1010. The number of hydrogen-bond donors (Lipinski definition) is 2. The number of furan rings is 1. The third-order valence-corrected chi connectivity index (χ3v) is 4.46. The van der Waals surface area contributed by atoms with Crippen LogP contribution in [-0.4, -0.2) is 20.7 Å². The van der Waals surface area contributed by atoms with E-state index in [0.29, 0.717) is 17.3 Å². The molecule has 3 heterocycles. The second-order valence-electron chi connectivity index (χ2n) is 6.31. The fourth-order valence-corrected chi connectivity index (χ4v) is 3.15. The minimum atomic E-state index is -0.480. The van der Waals surface area contributed by atoms with Gasteiger partial charge in [0, 0.05) is 11.4 Å². The van der Waals surface area contributed by atoms with Gasteiger partial charge in [-0.05, 0) is 44.5 Å². The maximum absolute atomic E-state index is 13.1. The van der Waals surface area contributed by atoms with Crippen LogP contribution < -0.4 is 10.6 Å². The summed E-state index contributed by atoms with van der Waals surface area (Å²) < 4.78 is 7.49. The number of para-hydroxylation sites is 1. The molecule has 1 aliphatic rings. The van der Waals surface area contributed by atoms with Gasteiger partial charge in [0.15, 0.2) is 0 Å². The second kappa shape index (κ2) is 6.18. The third kappa shape index (κ3) is 2.67. The van der Waals surface area contributed by atoms with Gasteiger partial charge in [-0.3, -0.25) is 4.79 Å². The van der Waals surface area contributed by atoms with E-state index in [4.69, 9.17) is 4.42 Å². The molecule has 26 heavy (non-hydrogen) atoms. The Balaban J connectivity index is 1.77. The Morgan fingerprint density at radius 2 is 2.00 bits per heavy atom. The topological polar surface area (TPSA) is 85.0 Å². The van der Waals surface area contributed by atoms with Gasteiger partial charge < -0.3 is 15.1 Å². The van der Waals surface area contributed by atoms with Crippen molar-refractivity contribution in [3.63, 3.8) is 0 Å². The maximum Gasteiger partial charge on any atom is 0.256 e. The average molecular weight is 349 g/mol. The van der Waals surface area contributed by atoms with Gasteiger partial charge in [0.25, 0.3) is 5.91 Å². The molecule has 7 nitrogen and oxygen atoms in total. The van der Waals surface area contributed by atoms with Crippen molar-refractivity contribution in [3.05, 3.63) is 71.1 Å². The second-order valence-corrected chi connectivity index (χ2v) is 6.31. The average Bonchev–Trinajstić information content (AvgIpc) is 3.24. The van der Waals surface area contributed by atoms with Crippen LogP contribution in [0.5, 0.6) is 0 Å². The minimum Gasteiger partial charge on any atom is -0.464 e. The Kier molecular flexibility index (Phi) is 3.84. The predicted molar refractivity (Wildman–Crippen MR) is 97.7 cm³/mol. The zero-order valence-electron chi connectivity index (χ0n) is 14.8. The molecule has 0 bridgehead atoms. The molecule has 0 radical (unpaired) electrons. The van der Waals surface area contributed by atoms with Crippen molar-refractivity contribution in [1.82, 2.24) is 14.8 Å². The Morgan fingerprint density at radius 1 is 1.19 bits per heavy atom. The number of carbonyl (C=O) groups excluding carboxylic acids is 1. The molecule has 1 amide bonds. The highest BCUT2D eigenvalue weighted by atomic mass is 16.3. The number of carbonyl (C=O) groups is 1. The van der Waals surface area contributed by atoms with E-state index >= 15 is 0 Å². The van der Waals surface area contributed by atoms with E-state index in [1.165, 1.54) is 6.33 Å². The van der Waals surface area contributed by atoms with Crippen LogP contribution in [0.1, 0.15) is 30.0 Å². The van der Waals surface area contributed by atoms with Gasteiger partial charge in [-0.15, -0.1) is 0 Å². The number of hydrogen-bond acceptors (Lipinski definition) is 5. The van der Waals surface area contributed by atoms with Crippen LogP contribution in [-0.2, 0) is 4.79 Å². The van der Waals surface area contributed by atoms with Crippen LogP contribution in [0, 0.1) is 13.8 Å². The minimum absolute atomic E-state index is 0.204. The predicted octanol–water partition coefficient (Wildman–Crippen LogP) is 3.42. The summed E-state index contributed by atoms with van der Waals surface area (Å²) in [6, 6.07) is 10.9. The smallest absolute Gasteiger partial charge is 0.256 e. The van der Waals surface area contributed by atoms with Crippen molar-refractivity contribution in [1.29, 1.82) is 0 Å². The van der Waals surface area contributed by atoms with Crippen molar-refractivity contribution >= 4 is 17.5 Å². The normalized spacial score (nSPS) is 16.2. The molecule has 0 saturated carbocycles. The molecule has 3 aromatic rings. The highest BCUT2D eigenvalue weighted by Gasteiger charge is 2.35. The van der Waals surface area contributed by atoms with Crippen molar-refractivity contribution in [2.45, 2.75) is 26.8 Å². The summed E-state index contributed by atoms with van der Waals surface area (Å²) >= 11 is 0. The van der Waals surface area contributed by atoms with Gasteiger partial charge in [0.2, 0.25) is 5.95 Å². The van der Waals surface area contributed by atoms with Crippen LogP contribution >= 0.6 is 0 Å². The highest BCUT2D eigenvalue weighted by molar-refractivity contribution is 6.06. The first-order valence-corrected chi connectivity index (χ1v) is 8.35. The van der Waals surface area contributed by atoms with E-state index in [0.717, 1.165) is 22.7 Å². The third-order valence-electron chi connectivity index (χ3n) is 4.46. The molecular weight excluding hydrogens is 330 g/mol. The molecule has 1 aliphatic heterocycles. The number of amides is 1. The molecule has 2 aromatic heterocycles. The van der Waals surface area contributed by atoms with Crippen LogP contribution in [0.25, 0.3) is 0 Å². The quantitative estimate of drug-likeness (QED) is 0.757. The standard InChI is InChI=1S/C19H19N5O2/c1-11-6-4-5-7-14(11)23-18(25)16-13(3)22-19-20-10-21-24(19)17(16)15-9-8-12(2)26-15/h4-10,17H,1-3H3,(H,23,25)(H,20,21,22)/t17-/m0/s1. The number of benzene rings is 1. The number of aromatic nitrogens is 3. The van der Waals surface area contributed by atoms with Gasteiger partial charge in [-0.2, -0.15) is 10.1 Å². The summed E-state index contributed by atoms with van der Waals surface area (Å²) in [7, 11) is 0. The molecule has 7 heteroatoms. The molecule has 0 aliphatic carbocycles. The number of nitrogens with one attached hydrogen (secondary N) is 2.